The molecule has 16 N–H and O–H groups in total. The topological polar surface area (TPSA) is 316 Å². The number of hydrogen-bond donors (Lipinski definition) is 8. The van der Waals surface area contributed by atoms with Crippen LogP contribution in [0.4, 0.5) is 10.7 Å². The second-order valence-electron chi connectivity index (χ2n) is 5.76. The van der Waals surface area contributed by atoms with E-state index >= 15 is 0 Å². The van der Waals surface area contributed by atoms with E-state index in [9.17, 15) is 34.7 Å². The van der Waals surface area contributed by atoms with E-state index in [0.717, 1.165) is 4.90 Å². The Morgan fingerprint density at radius 1 is 0.879 bits per heavy atom. The molecule has 0 radical (unpaired) electrons. The van der Waals surface area contributed by atoms with Gasteiger partial charge in [-0.05, 0) is 11.6 Å². The van der Waals surface area contributed by atoms with E-state index in [1.807, 2.05) is 0 Å². The van der Waals surface area contributed by atoms with Gasteiger partial charge in [0.25, 0.3) is 0 Å². The summed E-state index contributed by atoms with van der Waals surface area (Å²) in [5.74, 6) is -5.30. The number of para-hydroxylation sites is 1. The number of carbonyl (C=O) groups is 4. The molecule has 1 aromatic heterocycles. The number of rotatable bonds is 9. The number of thiophene rings is 1. The number of aliphatic carboxylic acids is 3. The third-order valence-electron chi connectivity index (χ3n) is 3.79. The summed E-state index contributed by atoms with van der Waals surface area (Å²) < 4.78 is 0. The van der Waals surface area contributed by atoms with Crippen LogP contribution < -0.4 is 29.5 Å². The normalized spacial score (nSPS) is 8.94. The van der Waals surface area contributed by atoms with Crippen LogP contribution in [0.2, 0.25) is 0 Å². The van der Waals surface area contributed by atoms with Gasteiger partial charge in [-0.3, -0.25) is 14.4 Å². The summed E-state index contributed by atoms with van der Waals surface area (Å²) >= 11 is 0.563. The minimum Gasteiger partial charge on any atom is -0.481 e. The Bertz CT molecular complexity index is 1050. The Morgan fingerprint density at radius 3 is 1.88 bits per heavy atom. The van der Waals surface area contributed by atoms with Crippen molar-refractivity contribution < 1.29 is 39.6 Å². The molecule has 1 aromatic carbocycles. The average molecular weight is 487 g/mol. The molecule has 0 unspecified atom stereocenters. The van der Waals surface area contributed by atoms with Gasteiger partial charge in [-0.1, -0.05) is 18.2 Å². The fraction of sp³-hybridized carbons (Fsp3) is 0.167. The van der Waals surface area contributed by atoms with Crippen LogP contribution in [-0.4, -0.2) is 50.8 Å². The summed E-state index contributed by atoms with van der Waals surface area (Å²) in [6.45, 7) is -0.697. The van der Waals surface area contributed by atoms with Gasteiger partial charge in [0.1, 0.15) is 22.5 Å². The quantitative estimate of drug-likeness (QED) is 0.252. The second-order valence-corrected chi connectivity index (χ2v) is 6.76. The Labute approximate surface area is 192 Å². The highest BCUT2D eigenvalue weighted by Crippen LogP contribution is 2.40. The number of nitriles is 1. The summed E-state index contributed by atoms with van der Waals surface area (Å²) in [5, 5.41) is 46.4. The van der Waals surface area contributed by atoms with Crippen LogP contribution in [0.1, 0.15) is 26.4 Å². The van der Waals surface area contributed by atoms with Gasteiger partial charge in [-0.2, -0.15) is 5.26 Å². The minimum absolute atomic E-state index is 0. The lowest BCUT2D eigenvalue weighted by atomic mass is 10.1. The lowest BCUT2D eigenvalue weighted by Crippen LogP contribution is -2.26. The first kappa shape index (κ1) is 33.6. The van der Waals surface area contributed by atoms with Crippen molar-refractivity contribution in [1.82, 2.24) is 24.6 Å². The Balaban J connectivity index is -0.00000225. The van der Waals surface area contributed by atoms with Crippen LogP contribution in [0, 0.1) is 11.3 Å². The molecule has 0 fully saturated rings. The van der Waals surface area contributed by atoms with Gasteiger partial charge in [0.15, 0.2) is 0 Å². The minimum atomic E-state index is -1.46. The van der Waals surface area contributed by atoms with Crippen molar-refractivity contribution >= 4 is 45.9 Å². The van der Waals surface area contributed by atoms with Gasteiger partial charge < -0.3 is 49.9 Å². The first-order chi connectivity index (χ1) is 13.6. The van der Waals surface area contributed by atoms with Crippen LogP contribution in [0.15, 0.2) is 24.3 Å². The van der Waals surface area contributed by atoms with E-state index in [1.165, 1.54) is 18.2 Å². The zero-order valence-electron chi connectivity index (χ0n) is 17.5. The summed E-state index contributed by atoms with van der Waals surface area (Å²) in [7, 11) is 0. The number of carboxylic acids is 4. The van der Waals surface area contributed by atoms with Gasteiger partial charge >= 0.3 is 23.9 Å². The zero-order chi connectivity index (χ0) is 21.7. The lowest BCUT2D eigenvalue weighted by Gasteiger charge is -2.24. The third kappa shape index (κ3) is 7.84. The third-order valence-corrected chi connectivity index (χ3v) is 5.03. The van der Waals surface area contributed by atoms with Crippen LogP contribution >= 0.6 is 11.3 Å². The molecule has 15 heteroatoms. The van der Waals surface area contributed by atoms with Gasteiger partial charge in [-0.15, -0.1) is 11.3 Å². The van der Waals surface area contributed by atoms with Crippen molar-refractivity contribution in [2.24, 2.45) is 0 Å². The molecule has 2 rings (SSSR count). The maximum atomic E-state index is 11.6. The standard InChI is InChI=1S/C18H14N2O8S.4H3N/c19-7-11-10(6-14(23)24)16(18(27)28)29-17(11)20(8-15(25)26)12-4-2-1-3-9(12)5-13(21)22;;;;/h1-4H,5-6,8H2,(H,21,22)(H,23,24)(H,25,26)(H,27,28);4*1H3. The number of hydrogen-bond acceptors (Lipinski definition) is 11. The Hall–Kier alpha value is -4.07. The van der Waals surface area contributed by atoms with Crippen LogP contribution in [0.25, 0.3) is 0 Å². The number of carboxylic acid groups (broad SMARTS) is 4. The molecule has 0 saturated carbocycles. The smallest absolute Gasteiger partial charge is 0.346 e. The van der Waals surface area contributed by atoms with Crippen molar-refractivity contribution in [2.45, 2.75) is 12.8 Å². The number of anilines is 2. The number of nitrogens with zero attached hydrogens (tertiary/aromatic N) is 2. The van der Waals surface area contributed by atoms with Crippen molar-refractivity contribution in [1.29, 1.82) is 5.26 Å². The molecule has 0 aliphatic heterocycles. The molecule has 0 aliphatic carbocycles. The highest BCUT2D eigenvalue weighted by Gasteiger charge is 2.29. The fourth-order valence-electron chi connectivity index (χ4n) is 2.74. The molecule has 0 atom stereocenters. The van der Waals surface area contributed by atoms with Gasteiger partial charge in [0.05, 0.1) is 18.4 Å². The molecule has 2 aromatic rings. The van der Waals surface area contributed by atoms with Gasteiger partial charge in [-0.25, -0.2) is 4.79 Å². The van der Waals surface area contributed by atoms with Gasteiger partial charge in [0.2, 0.25) is 0 Å². The molecule has 0 amide bonds. The predicted octanol–water partition coefficient (Wildman–Crippen LogP) is 2.44. The second kappa shape index (κ2) is 14.1. The van der Waals surface area contributed by atoms with Crippen molar-refractivity contribution in [2.75, 3.05) is 11.4 Å². The first-order valence-electron chi connectivity index (χ1n) is 7.95. The molecule has 14 nitrogen and oxygen atoms in total. The largest absolute Gasteiger partial charge is 0.481 e. The molecule has 0 aliphatic rings. The molecule has 182 valence electrons. The summed E-state index contributed by atoms with van der Waals surface area (Å²) in [6, 6.07) is 7.76. The highest BCUT2D eigenvalue weighted by atomic mass is 32.1. The van der Waals surface area contributed by atoms with Crippen molar-refractivity contribution in [3.8, 4) is 6.07 Å². The predicted molar refractivity (Wildman–Crippen MR) is 120 cm³/mol. The maximum Gasteiger partial charge on any atom is 0.346 e. The van der Waals surface area contributed by atoms with E-state index in [2.05, 4.69) is 0 Å². The maximum absolute atomic E-state index is 11.6. The van der Waals surface area contributed by atoms with Gasteiger partial charge in [0, 0.05) is 11.3 Å². The Kier molecular flexibility index (Phi) is 14.3. The molecule has 0 spiro atoms. The van der Waals surface area contributed by atoms with Crippen LogP contribution in [0.5, 0.6) is 0 Å². The SMILES string of the molecule is N.N.N.N.N#Cc1c(N(CC(=O)O)c2ccccc2CC(=O)O)sc(C(=O)O)c1CC(=O)O. The molecule has 33 heavy (non-hydrogen) atoms. The average Bonchev–Trinajstić information content (AvgIpc) is 2.97. The monoisotopic (exact) mass is 486 g/mol. The van der Waals surface area contributed by atoms with Crippen LogP contribution in [-0.2, 0) is 27.2 Å². The summed E-state index contributed by atoms with van der Waals surface area (Å²) in [5.41, 5.74) is -0.108. The van der Waals surface area contributed by atoms with E-state index in [-0.39, 0.29) is 52.0 Å². The number of benzene rings is 1. The molecule has 0 saturated heterocycles. The number of aromatic carboxylic acids is 1. The summed E-state index contributed by atoms with van der Waals surface area (Å²) in [6.07, 6.45) is -1.17. The molecule has 1 heterocycles. The van der Waals surface area contributed by atoms with E-state index in [4.69, 9.17) is 10.2 Å². The zero-order valence-corrected chi connectivity index (χ0v) is 18.3. The lowest BCUT2D eigenvalue weighted by molar-refractivity contribution is -0.137. The summed E-state index contributed by atoms with van der Waals surface area (Å²) in [4.78, 5) is 46.0. The molecule has 0 bridgehead atoms. The first-order valence-corrected chi connectivity index (χ1v) is 8.77. The van der Waals surface area contributed by atoms with Crippen molar-refractivity contribution in [3.05, 3.63) is 45.8 Å². The van der Waals surface area contributed by atoms with E-state index < -0.39 is 48.1 Å². The van der Waals surface area contributed by atoms with E-state index in [0.29, 0.717) is 11.3 Å². The van der Waals surface area contributed by atoms with Crippen molar-refractivity contribution in [3.63, 3.8) is 0 Å². The Morgan fingerprint density at radius 2 is 1.42 bits per heavy atom. The molecular formula is C18H26N6O8S. The highest BCUT2D eigenvalue weighted by molar-refractivity contribution is 7.18. The van der Waals surface area contributed by atoms with E-state index in [1.54, 1.807) is 12.1 Å². The fourth-order valence-corrected chi connectivity index (χ4v) is 3.86. The van der Waals surface area contributed by atoms with Crippen LogP contribution in [0.3, 0.4) is 0 Å². The molecular weight excluding hydrogens is 460 g/mol.